The predicted octanol–water partition coefficient (Wildman–Crippen LogP) is 3.78. The molecule has 2 aliphatic rings. The Bertz CT molecular complexity index is 1140. The molecule has 2 heterocycles. The number of carbonyl (C=O) groups excluding carboxylic acids is 1. The molecule has 9 heteroatoms. The van der Waals surface area contributed by atoms with E-state index in [0.717, 1.165) is 44.0 Å². The van der Waals surface area contributed by atoms with E-state index in [9.17, 15) is 18.5 Å². The topological polar surface area (TPSA) is 116 Å². The number of thiophene rings is 1. The molecule has 4 rings (SSSR count). The van der Waals surface area contributed by atoms with E-state index in [2.05, 4.69) is 16.3 Å². The Morgan fingerprint density at radius 3 is 2.58 bits per heavy atom. The second-order valence-corrected chi connectivity index (χ2v) is 11.7. The molecule has 1 aromatic heterocycles. The van der Waals surface area contributed by atoms with Gasteiger partial charge in [0.25, 0.3) is 0 Å². The lowest BCUT2D eigenvalue weighted by Crippen LogP contribution is -2.30. The molecule has 2 aromatic rings. The summed E-state index contributed by atoms with van der Waals surface area (Å²) in [5.74, 6) is 0.542. The first-order valence-electron chi connectivity index (χ1n) is 11.5. The number of nitrogens with zero attached hydrogens (tertiary/aromatic N) is 2. The molecule has 0 spiro atoms. The zero-order chi connectivity index (χ0) is 23.4. The highest BCUT2D eigenvalue weighted by molar-refractivity contribution is 7.89. The minimum absolute atomic E-state index is 0.0122. The fourth-order valence-corrected chi connectivity index (χ4v) is 6.69. The molecule has 1 aliphatic carbocycles. The fraction of sp³-hybridized carbons (Fsp3) is 0.500. The van der Waals surface area contributed by atoms with Gasteiger partial charge in [-0.15, -0.1) is 11.3 Å². The standard InChI is InChI=1S/C24H30N4O3S2/c25-14-21-20-7-4-12-28(15-18-5-2-1-3-6-18)16-22(20)32-24(21)27-23(29)13-17-8-10-19(11-9-17)33(26,30)31/h8-11,18H,1-7,12-13,15-16H2,(H,27,29)(H2,26,30,31). The molecular weight excluding hydrogens is 456 g/mol. The number of hydrogen-bond acceptors (Lipinski definition) is 6. The first-order chi connectivity index (χ1) is 15.8. The van der Waals surface area contributed by atoms with Gasteiger partial charge in [0.1, 0.15) is 11.1 Å². The van der Waals surface area contributed by atoms with Gasteiger partial charge in [-0.05, 0) is 61.4 Å². The molecule has 1 saturated carbocycles. The van der Waals surface area contributed by atoms with Crippen LogP contribution in [0, 0.1) is 17.2 Å². The third kappa shape index (κ3) is 6.01. The number of amides is 1. The number of nitriles is 1. The summed E-state index contributed by atoms with van der Waals surface area (Å²) in [6.07, 6.45) is 8.64. The Morgan fingerprint density at radius 1 is 1.18 bits per heavy atom. The maximum Gasteiger partial charge on any atom is 0.238 e. The van der Waals surface area contributed by atoms with Gasteiger partial charge in [0, 0.05) is 18.0 Å². The van der Waals surface area contributed by atoms with Crippen LogP contribution in [-0.2, 0) is 34.2 Å². The number of fused-ring (bicyclic) bond motifs is 1. The van der Waals surface area contributed by atoms with Crippen LogP contribution in [-0.4, -0.2) is 32.3 Å². The van der Waals surface area contributed by atoms with Gasteiger partial charge in [-0.3, -0.25) is 9.69 Å². The van der Waals surface area contributed by atoms with Crippen molar-refractivity contribution in [1.82, 2.24) is 4.90 Å². The van der Waals surface area contributed by atoms with Gasteiger partial charge < -0.3 is 5.32 Å². The zero-order valence-corrected chi connectivity index (χ0v) is 20.3. The van der Waals surface area contributed by atoms with Crippen molar-refractivity contribution in [2.75, 3.05) is 18.4 Å². The Hall–Kier alpha value is -2.25. The molecule has 176 valence electrons. The summed E-state index contributed by atoms with van der Waals surface area (Å²) in [7, 11) is -3.76. The Labute approximate surface area is 199 Å². The summed E-state index contributed by atoms with van der Waals surface area (Å²) < 4.78 is 22.8. The minimum atomic E-state index is -3.76. The zero-order valence-electron chi connectivity index (χ0n) is 18.7. The van der Waals surface area contributed by atoms with Crippen molar-refractivity contribution in [3.05, 3.63) is 45.8 Å². The molecular formula is C24H30N4O3S2. The number of rotatable bonds is 6. The van der Waals surface area contributed by atoms with Crippen LogP contribution in [0.3, 0.4) is 0 Å². The predicted molar refractivity (Wildman–Crippen MR) is 129 cm³/mol. The molecule has 33 heavy (non-hydrogen) atoms. The lowest BCUT2D eigenvalue weighted by molar-refractivity contribution is -0.115. The number of anilines is 1. The van der Waals surface area contributed by atoms with E-state index in [1.165, 1.54) is 60.5 Å². The summed E-state index contributed by atoms with van der Waals surface area (Å²) in [4.78, 5) is 16.4. The number of nitrogens with one attached hydrogen (secondary N) is 1. The number of primary sulfonamides is 1. The van der Waals surface area contributed by atoms with Crippen molar-refractivity contribution >= 4 is 32.3 Å². The van der Waals surface area contributed by atoms with Crippen molar-refractivity contribution < 1.29 is 13.2 Å². The highest BCUT2D eigenvalue weighted by Crippen LogP contribution is 2.37. The Balaban J connectivity index is 1.44. The maximum absolute atomic E-state index is 12.7. The maximum atomic E-state index is 12.7. The highest BCUT2D eigenvalue weighted by Gasteiger charge is 2.25. The van der Waals surface area contributed by atoms with Crippen LogP contribution in [0.25, 0.3) is 0 Å². The first-order valence-corrected chi connectivity index (χ1v) is 13.9. The Kier molecular flexibility index (Phi) is 7.49. The fourth-order valence-electron chi connectivity index (χ4n) is 4.92. The van der Waals surface area contributed by atoms with Gasteiger partial charge in [-0.25, -0.2) is 13.6 Å². The average Bonchev–Trinajstić information content (AvgIpc) is 2.96. The van der Waals surface area contributed by atoms with Crippen molar-refractivity contribution in [2.24, 2.45) is 11.1 Å². The van der Waals surface area contributed by atoms with E-state index in [4.69, 9.17) is 5.14 Å². The van der Waals surface area contributed by atoms with Crippen LogP contribution in [0.5, 0.6) is 0 Å². The average molecular weight is 487 g/mol. The summed E-state index contributed by atoms with van der Waals surface area (Å²) in [5.41, 5.74) is 2.35. The molecule has 1 fully saturated rings. The summed E-state index contributed by atoms with van der Waals surface area (Å²) >= 11 is 1.52. The number of nitrogens with two attached hydrogens (primary N) is 1. The van der Waals surface area contributed by atoms with Gasteiger partial charge in [0.05, 0.1) is 16.9 Å². The van der Waals surface area contributed by atoms with Crippen LogP contribution in [0.4, 0.5) is 5.00 Å². The van der Waals surface area contributed by atoms with Crippen molar-refractivity contribution in [3.63, 3.8) is 0 Å². The van der Waals surface area contributed by atoms with E-state index in [1.54, 1.807) is 12.1 Å². The third-order valence-corrected chi connectivity index (χ3v) is 8.64. The lowest BCUT2D eigenvalue weighted by atomic mass is 9.89. The third-order valence-electron chi connectivity index (χ3n) is 6.58. The van der Waals surface area contributed by atoms with E-state index >= 15 is 0 Å². The highest BCUT2D eigenvalue weighted by atomic mass is 32.2. The molecule has 1 aromatic carbocycles. The van der Waals surface area contributed by atoms with Crippen LogP contribution in [0.15, 0.2) is 29.2 Å². The SMILES string of the molecule is N#Cc1c(NC(=O)Cc2ccc(S(N)(=O)=O)cc2)sc2c1CCCN(CC1CCCCC1)C2. The van der Waals surface area contributed by atoms with E-state index < -0.39 is 10.0 Å². The smallest absolute Gasteiger partial charge is 0.238 e. The van der Waals surface area contributed by atoms with Crippen LogP contribution in [0.2, 0.25) is 0 Å². The van der Waals surface area contributed by atoms with Crippen LogP contribution in [0.1, 0.15) is 60.1 Å². The van der Waals surface area contributed by atoms with Gasteiger partial charge >= 0.3 is 0 Å². The van der Waals surface area contributed by atoms with Gasteiger partial charge in [0.15, 0.2) is 0 Å². The van der Waals surface area contributed by atoms with Crippen molar-refractivity contribution in [1.29, 1.82) is 5.26 Å². The largest absolute Gasteiger partial charge is 0.316 e. The summed E-state index contributed by atoms with van der Waals surface area (Å²) in [5, 5.41) is 18.5. The second kappa shape index (κ2) is 10.3. The Morgan fingerprint density at radius 2 is 1.91 bits per heavy atom. The molecule has 7 nitrogen and oxygen atoms in total. The molecule has 0 atom stereocenters. The van der Waals surface area contributed by atoms with E-state index in [1.807, 2.05) is 0 Å². The van der Waals surface area contributed by atoms with Gasteiger partial charge in [-0.2, -0.15) is 5.26 Å². The van der Waals surface area contributed by atoms with Gasteiger partial charge in [-0.1, -0.05) is 31.4 Å². The quantitative estimate of drug-likeness (QED) is 0.645. The number of sulfonamides is 1. The number of benzene rings is 1. The molecule has 0 unspecified atom stereocenters. The van der Waals surface area contributed by atoms with Crippen LogP contribution >= 0.6 is 11.3 Å². The summed E-state index contributed by atoms with van der Waals surface area (Å²) in [6, 6.07) is 8.27. The molecule has 0 saturated heterocycles. The van der Waals surface area contributed by atoms with Crippen molar-refractivity contribution in [2.45, 2.75) is 62.8 Å². The minimum Gasteiger partial charge on any atom is -0.316 e. The first kappa shape index (κ1) is 23.9. The molecule has 1 amide bonds. The summed E-state index contributed by atoms with van der Waals surface area (Å²) in [6.45, 7) is 3.02. The molecule has 0 bridgehead atoms. The number of carbonyl (C=O) groups is 1. The van der Waals surface area contributed by atoms with Crippen LogP contribution < -0.4 is 10.5 Å². The van der Waals surface area contributed by atoms with Gasteiger partial charge in [0.2, 0.25) is 15.9 Å². The monoisotopic (exact) mass is 486 g/mol. The normalized spacial score (nSPS) is 17.7. The second-order valence-electron chi connectivity index (χ2n) is 9.08. The number of hydrogen-bond donors (Lipinski definition) is 2. The molecule has 1 aliphatic heterocycles. The van der Waals surface area contributed by atoms with Crippen molar-refractivity contribution in [3.8, 4) is 6.07 Å². The molecule has 3 N–H and O–H groups in total. The van der Waals surface area contributed by atoms with E-state index in [-0.39, 0.29) is 17.2 Å². The lowest BCUT2D eigenvalue weighted by Gasteiger charge is -2.28. The van der Waals surface area contributed by atoms with E-state index in [0.29, 0.717) is 16.1 Å². The molecule has 0 radical (unpaired) electrons.